The van der Waals surface area contributed by atoms with Crippen LogP contribution >= 0.6 is 0 Å². The number of ether oxygens (including phenoxy) is 1. The zero-order chi connectivity index (χ0) is 21.3. The molecule has 1 atom stereocenters. The molecule has 2 aromatic carbocycles. The Bertz CT molecular complexity index is 935. The third-order valence-corrected chi connectivity index (χ3v) is 4.52. The van der Waals surface area contributed by atoms with E-state index in [0.29, 0.717) is 22.6 Å². The minimum Gasteiger partial charge on any atom is -0.493 e. The van der Waals surface area contributed by atoms with Crippen LogP contribution in [-0.2, 0) is 0 Å². The molecular formula is C20H18F4N2O3. The summed E-state index contributed by atoms with van der Waals surface area (Å²) >= 11 is 0. The molecule has 0 radical (unpaired) electrons. The lowest BCUT2D eigenvalue weighted by atomic mass is 10.1. The molecule has 3 amide bonds. The molecule has 0 aromatic heterocycles. The highest BCUT2D eigenvalue weighted by Gasteiger charge is 2.57. The fraction of sp³-hybridized carbons (Fsp3) is 0.300. The molecule has 3 rings (SSSR count). The molecule has 2 N–H and O–H groups in total. The standard InChI is InChI=1S/C20H18F4N2O3/c1-10-6-13(7-11(2)17(10)29-9-12-8-20(12,23)24)25-19(28)26-18(27)16-14(21)4-3-5-15(16)22/h3-7,12H,8-9H2,1-2H3,(H2,25,26,27,28). The highest BCUT2D eigenvalue weighted by molar-refractivity contribution is 6.08. The zero-order valence-corrected chi connectivity index (χ0v) is 15.6. The van der Waals surface area contributed by atoms with Gasteiger partial charge in [-0.15, -0.1) is 0 Å². The number of nitrogens with one attached hydrogen (secondary N) is 2. The van der Waals surface area contributed by atoms with Gasteiger partial charge >= 0.3 is 6.03 Å². The van der Waals surface area contributed by atoms with Crippen molar-refractivity contribution >= 4 is 17.6 Å². The molecule has 5 nitrogen and oxygen atoms in total. The number of carbonyl (C=O) groups is 2. The summed E-state index contributed by atoms with van der Waals surface area (Å²) in [4.78, 5) is 24.0. The first kappa shape index (κ1) is 20.6. The van der Waals surface area contributed by atoms with Crippen molar-refractivity contribution in [3.05, 3.63) is 58.7 Å². The second-order valence-corrected chi connectivity index (χ2v) is 6.92. The Hall–Kier alpha value is -3.10. The topological polar surface area (TPSA) is 67.4 Å². The Kier molecular flexibility index (Phi) is 5.50. The number of anilines is 1. The average molecular weight is 410 g/mol. The summed E-state index contributed by atoms with van der Waals surface area (Å²) in [5.74, 6) is -6.45. The van der Waals surface area contributed by atoms with E-state index in [2.05, 4.69) is 5.32 Å². The first-order valence-corrected chi connectivity index (χ1v) is 8.76. The van der Waals surface area contributed by atoms with Crippen LogP contribution in [0.4, 0.5) is 28.0 Å². The predicted octanol–water partition coefficient (Wildman–Crippen LogP) is 4.58. The van der Waals surface area contributed by atoms with E-state index in [-0.39, 0.29) is 13.0 Å². The van der Waals surface area contributed by atoms with Crippen LogP contribution in [0.2, 0.25) is 0 Å². The molecule has 2 aromatic rings. The van der Waals surface area contributed by atoms with Crippen molar-refractivity contribution in [2.45, 2.75) is 26.2 Å². The number of rotatable bonds is 5. The molecule has 0 bridgehead atoms. The first-order chi connectivity index (χ1) is 13.6. The second kappa shape index (κ2) is 7.73. The highest BCUT2D eigenvalue weighted by atomic mass is 19.3. The van der Waals surface area contributed by atoms with E-state index in [1.807, 2.05) is 5.32 Å². The lowest BCUT2D eigenvalue weighted by Crippen LogP contribution is -2.35. The summed E-state index contributed by atoms with van der Waals surface area (Å²) < 4.78 is 58.7. The number of hydrogen-bond donors (Lipinski definition) is 2. The summed E-state index contributed by atoms with van der Waals surface area (Å²) in [6.07, 6.45) is -0.193. The van der Waals surface area contributed by atoms with Gasteiger partial charge in [0, 0.05) is 12.1 Å². The van der Waals surface area contributed by atoms with Gasteiger partial charge in [-0.1, -0.05) is 6.07 Å². The number of amides is 3. The molecule has 1 unspecified atom stereocenters. The largest absolute Gasteiger partial charge is 0.493 e. The van der Waals surface area contributed by atoms with Crippen LogP contribution < -0.4 is 15.4 Å². The van der Waals surface area contributed by atoms with E-state index in [9.17, 15) is 27.2 Å². The molecule has 0 saturated heterocycles. The number of alkyl halides is 2. The number of carbonyl (C=O) groups excluding carboxylic acids is 2. The minimum atomic E-state index is -2.67. The maximum atomic E-state index is 13.6. The normalized spacial score (nSPS) is 16.8. The summed E-state index contributed by atoms with van der Waals surface area (Å²) in [5.41, 5.74) is 0.616. The van der Waals surface area contributed by atoms with Crippen molar-refractivity contribution in [3.63, 3.8) is 0 Å². The number of halogens is 4. The van der Waals surface area contributed by atoms with E-state index in [1.54, 1.807) is 13.8 Å². The molecular weight excluding hydrogens is 392 g/mol. The Morgan fingerprint density at radius 2 is 1.69 bits per heavy atom. The number of hydrogen-bond acceptors (Lipinski definition) is 3. The molecule has 0 spiro atoms. The van der Waals surface area contributed by atoms with Gasteiger partial charge in [-0.25, -0.2) is 22.4 Å². The summed E-state index contributed by atoms with van der Waals surface area (Å²) in [6.45, 7) is 3.25. The van der Waals surface area contributed by atoms with Gasteiger partial charge in [0.05, 0.1) is 12.5 Å². The van der Waals surface area contributed by atoms with Gasteiger partial charge in [0.1, 0.15) is 22.9 Å². The third kappa shape index (κ3) is 4.67. The fourth-order valence-electron chi connectivity index (χ4n) is 2.93. The van der Waals surface area contributed by atoms with E-state index in [4.69, 9.17) is 4.74 Å². The molecule has 1 aliphatic rings. The van der Waals surface area contributed by atoms with Crippen molar-refractivity contribution in [2.75, 3.05) is 11.9 Å². The maximum absolute atomic E-state index is 13.6. The quantitative estimate of drug-likeness (QED) is 0.710. The number of urea groups is 1. The lowest BCUT2D eigenvalue weighted by Gasteiger charge is -2.15. The first-order valence-electron chi connectivity index (χ1n) is 8.76. The number of aryl methyl sites for hydroxylation is 2. The summed E-state index contributed by atoms with van der Waals surface area (Å²) in [5, 5.41) is 4.24. The van der Waals surface area contributed by atoms with Crippen molar-refractivity contribution in [1.82, 2.24) is 5.32 Å². The Balaban J connectivity index is 1.64. The zero-order valence-electron chi connectivity index (χ0n) is 15.6. The van der Waals surface area contributed by atoms with Crippen LogP contribution in [0.3, 0.4) is 0 Å². The molecule has 154 valence electrons. The van der Waals surface area contributed by atoms with Gasteiger partial charge in [0.15, 0.2) is 0 Å². The van der Waals surface area contributed by atoms with Gasteiger partial charge in [-0.05, 0) is 49.2 Å². The summed E-state index contributed by atoms with van der Waals surface area (Å²) in [7, 11) is 0. The highest BCUT2D eigenvalue weighted by Crippen LogP contribution is 2.48. The van der Waals surface area contributed by atoms with E-state index in [0.717, 1.165) is 18.2 Å². The van der Waals surface area contributed by atoms with Gasteiger partial charge in [0.25, 0.3) is 11.8 Å². The van der Waals surface area contributed by atoms with Crippen LogP contribution in [0.1, 0.15) is 27.9 Å². The van der Waals surface area contributed by atoms with Crippen LogP contribution in [0, 0.1) is 31.4 Å². The Labute approximate surface area is 164 Å². The van der Waals surface area contributed by atoms with Gasteiger partial charge < -0.3 is 10.1 Å². The molecule has 0 heterocycles. The maximum Gasteiger partial charge on any atom is 0.326 e. The van der Waals surface area contributed by atoms with Crippen LogP contribution in [-0.4, -0.2) is 24.5 Å². The third-order valence-electron chi connectivity index (χ3n) is 4.52. The van der Waals surface area contributed by atoms with Gasteiger partial charge in [-0.3, -0.25) is 10.1 Å². The van der Waals surface area contributed by atoms with E-state index in [1.165, 1.54) is 12.1 Å². The molecule has 0 aliphatic heterocycles. The van der Waals surface area contributed by atoms with E-state index >= 15 is 0 Å². The van der Waals surface area contributed by atoms with Crippen molar-refractivity contribution < 1.29 is 31.9 Å². The van der Waals surface area contributed by atoms with Crippen LogP contribution in [0.5, 0.6) is 5.75 Å². The fourth-order valence-corrected chi connectivity index (χ4v) is 2.93. The number of imide groups is 1. The van der Waals surface area contributed by atoms with Gasteiger partial charge in [-0.2, -0.15) is 0 Å². The molecule has 1 fully saturated rings. The monoisotopic (exact) mass is 410 g/mol. The van der Waals surface area contributed by atoms with Crippen molar-refractivity contribution in [3.8, 4) is 5.75 Å². The number of benzene rings is 2. The van der Waals surface area contributed by atoms with E-state index < -0.39 is 41.0 Å². The molecule has 9 heteroatoms. The van der Waals surface area contributed by atoms with Crippen LogP contribution in [0.15, 0.2) is 30.3 Å². The lowest BCUT2D eigenvalue weighted by molar-refractivity contribution is 0.0853. The van der Waals surface area contributed by atoms with Gasteiger partial charge in [0.2, 0.25) is 0 Å². The molecule has 1 aliphatic carbocycles. The van der Waals surface area contributed by atoms with Crippen molar-refractivity contribution in [2.24, 2.45) is 5.92 Å². The van der Waals surface area contributed by atoms with Crippen LogP contribution in [0.25, 0.3) is 0 Å². The molecule has 29 heavy (non-hydrogen) atoms. The SMILES string of the molecule is Cc1cc(NC(=O)NC(=O)c2c(F)cccc2F)cc(C)c1OCC1CC1(F)F. The molecule has 1 saturated carbocycles. The Morgan fingerprint density at radius 3 is 2.21 bits per heavy atom. The minimum absolute atomic E-state index is 0.107. The van der Waals surface area contributed by atoms with Crippen molar-refractivity contribution in [1.29, 1.82) is 0 Å². The smallest absolute Gasteiger partial charge is 0.326 e. The summed E-state index contributed by atoms with van der Waals surface area (Å²) in [6, 6.07) is 4.98. The second-order valence-electron chi connectivity index (χ2n) is 6.92. The average Bonchev–Trinajstić information content (AvgIpc) is 3.20. The predicted molar refractivity (Wildman–Crippen MR) is 97.3 cm³/mol. The Morgan fingerprint density at radius 1 is 1.14 bits per heavy atom.